The van der Waals surface area contributed by atoms with E-state index in [9.17, 15) is 19.8 Å². The van der Waals surface area contributed by atoms with Gasteiger partial charge in [-0.2, -0.15) is 0 Å². The molecule has 8 heteroatoms. The van der Waals surface area contributed by atoms with Crippen LogP contribution < -0.4 is 10.1 Å². The van der Waals surface area contributed by atoms with Gasteiger partial charge in [0.2, 0.25) is 5.91 Å². The summed E-state index contributed by atoms with van der Waals surface area (Å²) in [5, 5.41) is 26.1. The molecular weight excluding hydrogens is 424 g/mol. The van der Waals surface area contributed by atoms with Gasteiger partial charge in [0.25, 0.3) is 6.47 Å². The van der Waals surface area contributed by atoms with Crippen molar-refractivity contribution in [2.24, 2.45) is 5.92 Å². The maximum absolute atomic E-state index is 12.6. The molecule has 1 aromatic carbocycles. The number of likely N-dealkylation sites (tertiary alicyclic amines) is 1. The van der Waals surface area contributed by atoms with Gasteiger partial charge in [-0.3, -0.25) is 14.5 Å². The number of hydrogen-bond donors (Lipinski definition) is 3. The lowest BCUT2D eigenvalue weighted by Crippen LogP contribution is -2.78. The van der Waals surface area contributed by atoms with Crippen LogP contribution in [0.2, 0.25) is 0 Å². The third-order valence-electron chi connectivity index (χ3n) is 8.62. The second kappa shape index (κ2) is 7.46. The molecule has 3 N–H and O–H groups in total. The second-order valence-corrected chi connectivity index (χ2v) is 10.3. The zero-order valence-electron chi connectivity index (χ0n) is 18.5. The minimum absolute atomic E-state index is 0.0120. The molecule has 5 atom stereocenters. The molecule has 2 saturated carbocycles. The minimum atomic E-state index is -0.967. The lowest BCUT2D eigenvalue weighted by molar-refractivity contribution is -0.192. The molecule has 8 nitrogen and oxygen atoms in total. The summed E-state index contributed by atoms with van der Waals surface area (Å²) in [7, 11) is 0. The van der Waals surface area contributed by atoms with E-state index in [-0.39, 0.29) is 30.3 Å². The van der Waals surface area contributed by atoms with E-state index in [1.165, 1.54) is 25.0 Å². The zero-order chi connectivity index (χ0) is 22.8. The van der Waals surface area contributed by atoms with E-state index in [4.69, 9.17) is 4.74 Å². The third-order valence-corrected chi connectivity index (χ3v) is 8.62. The first kappa shape index (κ1) is 21.0. The summed E-state index contributed by atoms with van der Waals surface area (Å²) in [4.78, 5) is 25.4. The number of aromatic hydroxyl groups is 1. The Labute approximate surface area is 192 Å². The lowest BCUT2D eigenvalue weighted by atomic mass is 9.48. The highest BCUT2D eigenvalue weighted by atomic mass is 16.5. The van der Waals surface area contributed by atoms with Crippen LogP contribution in [0, 0.1) is 5.92 Å². The van der Waals surface area contributed by atoms with E-state index >= 15 is 0 Å². The van der Waals surface area contributed by atoms with Gasteiger partial charge in [0.15, 0.2) is 11.5 Å². The van der Waals surface area contributed by atoms with Crippen LogP contribution in [0.15, 0.2) is 24.3 Å². The summed E-state index contributed by atoms with van der Waals surface area (Å²) in [5.41, 5.74) is 0.468. The number of nitrogens with one attached hydrogen (secondary N) is 1. The van der Waals surface area contributed by atoms with Gasteiger partial charge < -0.3 is 25.0 Å². The van der Waals surface area contributed by atoms with Crippen LogP contribution in [0.25, 0.3) is 0 Å². The fourth-order valence-corrected chi connectivity index (χ4v) is 7.11. The largest absolute Gasteiger partial charge is 0.504 e. The summed E-state index contributed by atoms with van der Waals surface area (Å²) < 4.78 is 11.0. The van der Waals surface area contributed by atoms with Gasteiger partial charge >= 0.3 is 0 Å². The highest BCUT2D eigenvalue weighted by Gasteiger charge is 2.73. The number of ether oxygens (including phenoxy) is 2. The number of phenolic OH excluding ortho intramolecular Hbond substituents is 1. The van der Waals surface area contributed by atoms with Crippen molar-refractivity contribution in [3.05, 3.63) is 35.4 Å². The molecular formula is C25H30N2O6. The quantitative estimate of drug-likeness (QED) is 0.322. The molecule has 0 aromatic heterocycles. The standard InChI is InChI=1S/C25H30N2O6/c28-14-32-11-1-2-20(30)26-17-7-8-25(31)19-12-16-5-6-18(29)22-21(16)24(25,23(17)33-22)9-10-27(19)13-15-3-4-15/h1-2,5-6,14-15,17,19,23,29,31H,3-4,7-13H2,(H,26,30)/t17-,19-,23+,24+,25-/m1/s1. The van der Waals surface area contributed by atoms with E-state index in [1.54, 1.807) is 6.07 Å². The average Bonchev–Trinajstić information content (AvgIpc) is 3.53. The summed E-state index contributed by atoms with van der Waals surface area (Å²) in [5.74, 6) is 1.01. The minimum Gasteiger partial charge on any atom is -0.504 e. The number of carbonyl (C=O) groups is 2. The third kappa shape index (κ3) is 2.96. The number of benzene rings is 1. The number of carbonyl (C=O) groups excluding carboxylic acids is 2. The number of aliphatic hydroxyl groups is 1. The van der Waals surface area contributed by atoms with E-state index in [2.05, 4.69) is 15.0 Å². The Morgan fingerprint density at radius 1 is 1.30 bits per heavy atom. The lowest BCUT2D eigenvalue weighted by Gasteiger charge is -2.64. The van der Waals surface area contributed by atoms with Crippen molar-refractivity contribution in [2.75, 3.05) is 19.7 Å². The van der Waals surface area contributed by atoms with Gasteiger partial charge in [-0.05, 0) is 68.7 Å². The number of rotatable bonds is 7. The first-order valence-electron chi connectivity index (χ1n) is 12.0. The Bertz CT molecular complexity index is 1020. The van der Waals surface area contributed by atoms with E-state index in [0.29, 0.717) is 25.1 Å². The van der Waals surface area contributed by atoms with Crippen LogP contribution in [-0.2, 0) is 26.2 Å². The fourth-order valence-electron chi connectivity index (χ4n) is 7.11. The number of hydrogen-bond acceptors (Lipinski definition) is 7. The topological polar surface area (TPSA) is 108 Å². The molecule has 2 bridgehead atoms. The Morgan fingerprint density at radius 2 is 2.15 bits per heavy atom. The van der Waals surface area contributed by atoms with Gasteiger partial charge in [0, 0.05) is 24.2 Å². The summed E-state index contributed by atoms with van der Waals surface area (Å²) in [6, 6.07) is 3.38. The maximum atomic E-state index is 12.6. The van der Waals surface area contributed by atoms with Crippen molar-refractivity contribution in [1.29, 1.82) is 0 Å². The highest BCUT2D eigenvalue weighted by Crippen LogP contribution is 2.65. The van der Waals surface area contributed by atoms with Crippen molar-refractivity contribution in [1.82, 2.24) is 10.2 Å². The Kier molecular flexibility index (Phi) is 4.75. The molecule has 0 radical (unpaired) electrons. The Balaban J connectivity index is 1.36. The average molecular weight is 455 g/mol. The first-order valence-corrected chi connectivity index (χ1v) is 12.0. The number of amides is 1. The first-order chi connectivity index (χ1) is 16.0. The molecule has 1 aromatic rings. The molecule has 3 fully saturated rings. The predicted molar refractivity (Wildman–Crippen MR) is 118 cm³/mol. The highest BCUT2D eigenvalue weighted by molar-refractivity contribution is 5.87. The van der Waals surface area contributed by atoms with Crippen LogP contribution in [0.5, 0.6) is 11.5 Å². The van der Waals surface area contributed by atoms with Gasteiger partial charge in [0.1, 0.15) is 12.7 Å². The molecule has 33 heavy (non-hydrogen) atoms. The van der Waals surface area contributed by atoms with Gasteiger partial charge in [-0.15, -0.1) is 0 Å². The maximum Gasteiger partial charge on any atom is 0.293 e. The molecule has 2 aliphatic heterocycles. The van der Waals surface area contributed by atoms with Crippen LogP contribution in [0.4, 0.5) is 0 Å². The normalized spacial score (nSPS) is 36.2. The van der Waals surface area contributed by atoms with Gasteiger partial charge in [0.05, 0.1) is 17.1 Å². The smallest absolute Gasteiger partial charge is 0.293 e. The van der Waals surface area contributed by atoms with E-state index < -0.39 is 17.1 Å². The molecule has 3 aliphatic carbocycles. The molecule has 5 aliphatic rings. The monoisotopic (exact) mass is 454 g/mol. The van der Waals surface area contributed by atoms with E-state index in [0.717, 1.165) is 43.0 Å². The van der Waals surface area contributed by atoms with Crippen molar-refractivity contribution in [3.63, 3.8) is 0 Å². The van der Waals surface area contributed by atoms with Crippen LogP contribution >= 0.6 is 0 Å². The molecule has 6 rings (SSSR count). The summed E-state index contributed by atoms with van der Waals surface area (Å²) >= 11 is 0. The van der Waals surface area contributed by atoms with Crippen LogP contribution in [-0.4, -0.2) is 71.0 Å². The number of nitrogens with zero attached hydrogens (tertiary/aromatic N) is 1. The van der Waals surface area contributed by atoms with Crippen LogP contribution in [0.1, 0.15) is 43.2 Å². The zero-order valence-corrected chi connectivity index (χ0v) is 18.5. The summed E-state index contributed by atoms with van der Waals surface area (Å²) in [6.45, 7) is 2.28. The van der Waals surface area contributed by atoms with Crippen molar-refractivity contribution >= 4 is 12.4 Å². The molecule has 1 spiro atoms. The Morgan fingerprint density at radius 3 is 2.94 bits per heavy atom. The molecule has 0 unspecified atom stereocenters. The molecule has 2 heterocycles. The predicted octanol–water partition coefficient (Wildman–Crippen LogP) is 1.17. The molecule has 1 amide bonds. The SMILES string of the molecule is O=COCC=CC(=O)N[C@@H]1CC[C@@]2(O)[C@H]3Cc4ccc(O)c5c4[C@@]2(CCN3CC2CC2)[C@H]1O5. The molecule has 1 saturated heterocycles. The fraction of sp³-hybridized carbons (Fsp3) is 0.600. The van der Waals surface area contributed by atoms with Crippen molar-refractivity contribution < 1.29 is 29.3 Å². The van der Waals surface area contributed by atoms with Gasteiger partial charge in [-0.1, -0.05) is 6.07 Å². The van der Waals surface area contributed by atoms with Gasteiger partial charge in [-0.25, -0.2) is 0 Å². The Hall–Kier alpha value is -2.58. The molecule has 176 valence electrons. The van der Waals surface area contributed by atoms with Crippen molar-refractivity contribution in [2.45, 2.75) is 67.7 Å². The number of phenols is 1. The number of piperidine rings is 1. The van der Waals surface area contributed by atoms with E-state index in [1.807, 2.05) is 6.07 Å². The van der Waals surface area contributed by atoms with Crippen molar-refractivity contribution in [3.8, 4) is 11.5 Å². The van der Waals surface area contributed by atoms with Crippen LogP contribution in [0.3, 0.4) is 0 Å². The second-order valence-electron chi connectivity index (χ2n) is 10.3. The summed E-state index contributed by atoms with van der Waals surface area (Å²) in [6.07, 6.45) is 7.57.